The molecule has 1 aromatic rings. The number of hydrogen-bond acceptors (Lipinski definition) is 3. The Bertz CT molecular complexity index is 499. The number of carbonyl (C=O) groups excluding carboxylic acids is 1. The van der Waals surface area contributed by atoms with Crippen LogP contribution in [0.5, 0.6) is 0 Å². The first-order chi connectivity index (χ1) is 10.2. The minimum absolute atomic E-state index is 0.177. The van der Waals surface area contributed by atoms with Crippen LogP contribution in [-0.2, 0) is 4.79 Å². The second kappa shape index (κ2) is 6.73. The summed E-state index contributed by atoms with van der Waals surface area (Å²) in [5.74, 6) is 0.177. The molecule has 3 nitrogen and oxygen atoms in total. The first kappa shape index (κ1) is 14.8. The molecule has 1 aliphatic heterocycles. The lowest BCUT2D eigenvalue weighted by Gasteiger charge is -2.34. The topological polar surface area (TPSA) is 32.3 Å². The largest absolute Gasteiger partial charge is 0.360 e. The summed E-state index contributed by atoms with van der Waals surface area (Å²) in [6, 6.07) is 8.81. The lowest BCUT2D eigenvalue weighted by molar-refractivity contribution is -0.120. The van der Waals surface area contributed by atoms with Gasteiger partial charge in [0.25, 0.3) is 0 Å². The van der Waals surface area contributed by atoms with Crippen molar-refractivity contribution in [3.05, 3.63) is 24.3 Å². The van der Waals surface area contributed by atoms with Crippen LogP contribution in [0.25, 0.3) is 0 Å². The highest BCUT2D eigenvalue weighted by molar-refractivity contribution is 8.00. The van der Waals surface area contributed by atoms with Crippen LogP contribution < -0.4 is 10.2 Å². The zero-order valence-corrected chi connectivity index (χ0v) is 13.5. The van der Waals surface area contributed by atoms with Gasteiger partial charge in [-0.05, 0) is 25.0 Å². The Balaban J connectivity index is 1.62. The first-order valence-corrected chi connectivity index (χ1v) is 8.90. The summed E-state index contributed by atoms with van der Waals surface area (Å²) >= 11 is 1.90. The summed E-state index contributed by atoms with van der Waals surface area (Å²) in [6.45, 7) is 3.66. The van der Waals surface area contributed by atoms with Gasteiger partial charge in [0.2, 0.25) is 5.91 Å². The SMILES string of the molecule is CC1CN(CC(=O)NC2CCCCC2)c2ccccc2S1. The highest BCUT2D eigenvalue weighted by Crippen LogP contribution is 2.37. The Kier molecular flexibility index (Phi) is 4.73. The van der Waals surface area contributed by atoms with E-state index in [4.69, 9.17) is 0 Å². The zero-order chi connectivity index (χ0) is 14.7. The van der Waals surface area contributed by atoms with Gasteiger partial charge in [0, 0.05) is 22.7 Å². The quantitative estimate of drug-likeness (QED) is 0.928. The molecule has 1 saturated carbocycles. The Morgan fingerprint density at radius 2 is 2.05 bits per heavy atom. The molecule has 0 aromatic heterocycles. The van der Waals surface area contributed by atoms with E-state index in [2.05, 4.69) is 41.4 Å². The van der Waals surface area contributed by atoms with Gasteiger partial charge in [-0.3, -0.25) is 4.79 Å². The molecule has 1 fully saturated rings. The minimum Gasteiger partial charge on any atom is -0.360 e. The fraction of sp³-hybridized carbons (Fsp3) is 0.588. The van der Waals surface area contributed by atoms with Gasteiger partial charge < -0.3 is 10.2 Å². The summed E-state index contributed by atoms with van der Waals surface area (Å²) in [5, 5.41) is 3.75. The molecule has 1 amide bonds. The Labute approximate surface area is 131 Å². The van der Waals surface area contributed by atoms with Gasteiger partial charge in [0.05, 0.1) is 12.2 Å². The van der Waals surface area contributed by atoms with E-state index >= 15 is 0 Å². The van der Waals surface area contributed by atoms with Gasteiger partial charge in [-0.2, -0.15) is 0 Å². The van der Waals surface area contributed by atoms with Crippen LogP contribution in [-0.4, -0.2) is 30.3 Å². The number of anilines is 1. The van der Waals surface area contributed by atoms with E-state index in [9.17, 15) is 4.79 Å². The van der Waals surface area contributed by atoms with Crippen LogP contribution in [0.3, 0.4) is 0 Å². The van der Waals surface area contributed by atoms with Crippen molar-refractivity contribution in [3.63, 3.8) is 0 Å². The molecule has 2 aliphatic rings. The van der Waals surface area contributed by atoms with Crippen molar-refractivity contribution in [3.8, 4) is 0 Å². The van der Waals surface area contributed by atoms with Crippen LogP contribution in [0.4, 0.5) is 5.69 Å². The predicted octanol–water partition coefficient (Wildman–Crippen LogP) is 3.44. The van der Waals surface area contributed by atoms with E-state index in [1.54, 1.807) is 0 Å². The zero-order valence-electron chi connectivity index (χ0n) is 12.7. The molecule has 4 heteroatoms. The predicted molar refractivity (Wildman–Crippen MR) is 89.0 cm³/mol. The van der Waals surface area contributed by atoms with Crippen LogP contribution >= 0.6 is 11.8 Å². The number of nitrogens with zero attached hydrogens (tertiary/aromatic N) is 1. The minimum atomic E-state index is 0.177. The van der Waals surface area contributed by atoms with Crippen LogP contribution in [0.2, 0.25) is 0 Å². The second-order valence-electron chi connectivity index (χ2n) is 6.18. The molecule has 21 heavy (non-hydrogen) atoms. The second-order valence-corrected chi connectivity index (χ2v) is 7.66. The number of nitrogens with one attached hydrogen (secondary N) is 1. The smallest absolute Gasteiger partial charge is 0.239 e. The van der Waals surface area contributed by atoms with E-state index in [1.165, 1.54) is 29.8 Å². The highest BCUT2D eigenvalue weighted by atomic mass is 32.2. The number of rotatable bonds is 3. The van der Waals surface area contributed by atoms with Crippen molar-refractivity contribution in [2.45, 2.75) is 55.2 Å². The molecule has 3 rings (SSSR count). The van der Waals surface area contributed by atoms with Crippen LogP contribution in [0, 0.1) is 0 Å². The Morgan fingerprint density at radius 1 is 1.29 bits per heavy atom. The van der Waals surface area contributed by atoms with Crippen molar-refractivity contribution in [1.29, 1.82) is 0 Å². The number of hydrogen-bond donors (Lipinski definition) is 1. The van der Waals surface area contributed by atoms with E-state index in [0.717, 1.165) is 19.4 Å². The van der Waals surface area contributed by atoms with E-state index in [1.807, 2.05) is 11.8 Å². The molecule has 1 aliphatic carbocycles. The summed E-state index contributed by atoms with van der Waals surface area (Å²) in [7, 11) is 0. The van der Waals surface area contributed by atoms with E-state index < -0.39 is 0 Å². The Hall–Kier alpha value is -1.16. The van der Waals surface area contributed by atoms with Crippen molar-refractivity contribution >= 4 is 23.4 Å². The monoisotopic (exact) mass is 304 g/mol. The molecule has 114 valence electrons. The molecular formula is C17H24N2OS. The average molecular weight is 304 g/mol. The van der Waals surface area contributed by atoms with Crippen LogP contribution in [0.15, 0.2) is 29.2 Å². The molecule has 0 saturated heterocycles. The lowest BCUT2D eigenvalue weighted by atomic mass is 9.95. The summed E-state index contributed by atoms with van der Waals surface area (Å²) in [5.41, 5.74) is 1.21. The maximum Gasteiger partial charge on any atom is 0.239 e. The molecule has 0 radical (unpaired) electrons. The molecule has 0 bridgehead atoms. The van der Waals surface area contributed by atoms with Gasteiger partial charge in [0.1, 0.15) is 0 Å². The van der Waals surface area contributed by atoms with Gasteiger partial charge in [-0.1, -0.05) is 38.3 Å². The van der Waals surface area contributed by atoms with Gasteiger partial charge in [0.15, 0.2) is 0 Å². The molecule has 0 spiro atoms. The van der Waals surface area contributed by atoms with E-state index in [-0.39, 0.29) is 5.91 Å². The Morgan fingerprint density at radius 3 is 2.86 bits per heavy atom. The normalized spacial score (nSPS) is 22.7. The third-order valence-corrected chi connectivity index (χ3v) is 5.47. The van der Waals surface area contributed by atoms with Gasteiger partial charge >= 0.3 is 0 Å². The molecule has 1 heterocycles. The van der Waals surface area contributed by atoms with Gasteiger partial charge in [-0.15, -0.1) is 11.8 Å². The maximum absolute atomic E-state index is 12.3. The number of carbonyl (C=O) groups is 1. The summed E-state index contributed by atoms with van der Waals surface area (Å²) in [4.78, 5) is 15.9. The summed E-state index contributed by atoms with van der Waals surface area (Å²) in [6.07, 6.45) is 6.13. The number of fused-ring (bicyclic) bond motifs is 1. The standard InChI is InChI=1S/C17H24N2OS/c1-13-11-19(15-9-5-6-10-16(15)21-13)12-17(20)18-14-7-3-2-4-8-14/h5-6,9-10,13-14H,2-4,7-8,11-12H2,1H3,(H,18,20). The van der Waals surface area contributed by atoms with Crippen molar-refractivity contribution in [1.82, 2.24) is 5.32 Å². The maximum atomic E-state index is 12.3. The van der Waals surface area contributed by atoms with Crippen molar-refractivity contribution in [2.24, 2.45) is 0 Å². The van der Waals surface area contributed by atoms with E-state index in [0.29, 0.717) is 17.8 Å². The highest BCUT2D eigenvalue weighted by Gasteiger charge is 2.24. The van der Waals surface area contributed by atoms with Crippen molar-refractivity contribution in [2.75, 3.05) is 18.0 Å². The fourth-order valence-electron chi connectivity index (χ4n) is 3.32. The lowest BCUT2D eigenvalue weighted by Crippen LogP contribution is -2.45. The number of thioether (sulfide) groups is 1. The third kappa shape index (κ3) is 3.73. The molecule has 1 aromatic carbocycles. The van der Waals surface area contributed by atoms with Gasteiger partial charge in [-0.25, -0.2) is 0 Å². The fourth-order valence-corrected chi connectivity index (χ4v) is 4.49. The molecule has 1 unspecified atom stereocenters. The van der Waals surface area contributed by atoms with Crippen molar-refractivity contribution < 1.29 is 4.79 Å². The number of benzene rings is 1. The molecular weight excluding hydrogens is 280 g/mol. The number of amides is 1. The molecule has 1 N–H and O–H groups in total. The first-order valence-electron chi connectivity index (χ1n) is 8.02. The molecule has 1 atom stereocenters. The average Bonchev–Trinajstić information content (AvgIpc) is 2.48. The van der Waals surface area contributed by atoms with Crippen LogP contribution in [0.1, 0.15) is 39.0 Å². The number of para-hydroxylation sites is 1. The summed E-state index contributed by atoms with van der Waals surface area (Å²) < 4.78 is 0. The third-order valence-electron chi connectivity index (χ3n) is 4.32.